The van der Waals surface area contributed by atoms with Gasteiger partial charge in [0.2, 0.25) is 5.91 Å². The average Bonchev–Trinajstić information content (AvgIpc) is 3.27. The van der Waals surface area contributed by atoms with Crippen molar-refractivity contribution in [1.82, 2.24) is 14.8 Å². The quantitative estimate of drug-likeness (QED) is 0.358. The number of ether oxygens (including phenoxy) is 3. The van der Waals surface area contributed by atoms with Gasteiger partial charge >= 0.3 is 5.97 Å². The summed E-state index contributed by atoms with van der Waals surface area (Å²) in [4.78, 5) is 42.7. The Kier molecular flexibility index (Phi) is 7.30. The summed E-state index contributed by atoms with van der Waals surface area (Å²) in [5.41, 5.74) is 1.37. The lowest BCUT2D eigenvalue weighted by Crippen LogP contribution is -2.30. The molecule has 0 aliphatic rings. The van der Waals surface area contributed by atoms with Crippen LogP contribution in [0, 0.1) is 6.92 Å². The molecule has 4 aromatic rings. The normalized spacial score (nSPS) is 10.8. The number of aromatic nitrogens is 3. The van der Waals surface area contributed by atoms with Gasteiger partial charge in [-0.1, -0.05) is 12.1 Å². The van der Waals surface area contributed by atoms with E-state index in [1.54, 1.807) is 63.4 Å². The predicted molar refractivity (Wildman–Crippen MR) is 136 cm³/mol. The number of hydrogen-bond acceptors (Lipinski definition) is 9. The number of methoxy groups -OCH3 is 2. The Bertz CT molecular complexity index is 1510. The fourth-order valence-corrected chi connectivity index (χ4v) is 4.57. The molecule has 2 aromatic carbocycles. The van der Waals surface area contributed by atoms with Gasteiger partial charge in [0, 0.05) is 5.56 Å². The smallest absolute Gasteiger partial charge is 0.340 e. The Labute approximate surface area is 210 Å². The summed E-state index contributed by atoms with van der Waals surface area (Å²) in [5.74, 6) is -0.0482. The van der Waals surface area contributed by atoms with Crippen LogP contribution in [0.15, 0.2) is 47.3 Å². The van der Waals surface area contributed by atoms with Crippen molar-refractivity contribution in [3.63, 3.8) is 0 Å². The van der Waals surface area contributed by atoms with Crippen LogP contribution in [0.5, 0.6) is 11.5 Å². The maximum Gasteiger partial charge on any atom is 0.340 e. The van der Waals surface area contributed by atoms with Crippen LogP contribution in [0.4, 0.5) is 5.69 Å². The van der Waals surface area contributed by atoms with E-state index in [4.69, 9.17) is 14.2 Å². The fraction of sp³-hybridized carbons (Fsp3) is 0.240. The largest absolute Gasteiger partial charge is 0.493 e. The Morgan fingerprint density at radius 3 is 2.56 bits per heavy atom. The number of esters is 1. The number of benzene rings is 2. The van der Waals surface area contributed by atoms with Crippen LogP contribution >= 0.6 is 11.3 Å². The van der Waals surface area contributed by atoms with Gasteiger partial charge in [0.1, 0.15) is 12.2 Å². The molecule has 186 valence electrons. The molecule has 11 heteroatoms. The maximum absolute atomic E-state index is 13.1. The molecule has 0 radical (unpaired) electrons. The molecule has 36 heavy (non-hydrogen) atoms. The van der Waals surface area contributed by atoms with E-state index >= 15 is 0 Å². The number of fused-ring (bicyclic) bond motifs is 1. The van der Waals surface area contributed by atoms with Gasteiger partial charge in [0.05, 0.1) is 41.8 Å². The molecule has 0 aliphatic carbocycles. The van der Waals surface area contributed by atoms with Gasteiger partial charge in [-0.2, -0.15) is 5.10 Å². The summed E-state index contributed by atoms with van der Waals surface area (Å²) in [5, 5.41) is 7.88. The minimum atomic E-state index is -0.557. The summed E-state index contributed by atoms with van der Waals surface area (Å²) < 4.78 is 17.5. The second kappa shape index (κ2) is 10.6. The topological polar surface area (TPSA) is 122 Å². The number of anilines is 1. The van der Waals surface area contributed by atoms with E-state index in [1.165, 1.54) is 18.4 Å². The van der Waals surface area contributed by atoms with E-state index in [1.807, 2.05) is 0 Å². The van der Waals surface area contributed by atoms with Gasteiger partial charge < -0.3 is 19.5 Å². The van der Waals surface area contributed by atoms with Crippen LogP contribution in [0.25, 0.3) is 21.5 Å². The number of para-hydroxylation sites is 1. The molecule has 0 saturated heterocycles. The zero-order chi connectivity index (χ0) is 25.8. The molecule has 1 N–H and O–H groups in total. The highest BCUT2D eigenvalue weighted by atomic mass is 32.1. The molecule has 0 unspecified atom stereocenters. The van der Waals surface area contributed by atoms with Gasteiger partial charge in [-0.25, -0.2) is 14.5 Å². The van der Waals surface area contributed by atoms with Crippen molar-refractivity contribution in [2.45, 2.75) is 20.4 Å². The molecule has 4 rings (SSSR count). The third kappa shape index (κ3) is 4.91. The first-order valence-corrected chi connectivity index (χ1v) is 11.8. The summed E-state index contributed by atoms with van der Waals surface area (Å²) in [6.45, 7) is 3.31. The monoisotopic (exact) mass is 508 g/mol. The van der Waals surface area contributed by atoms with Gasteiger partial charge in [0.25, 0.3) is 5.56 Å². The Morgan fingerprint density at radius 1 is 1.08 bits per heavy atom. The molecule has 1 amide bonds. The minimum absolute atomic E-state index is 0.201. The second-order valence-electron chi connectivity index (χ2n) is 7.61. The van der Waals surface area contributed by atoms with E-state index in [9.17, 15) is 14.4 Å². The SMILES string of the molecule is CCOC(=O)c1ccccc1NC(=O)Cn1nc(-c2ccc(OC)c(OC)c2)c2sc(C)nc2c1=O. The van der Waals surface area contributed by atoms with Crippen LogP contribution in [0.1, 0.15) is 22.3 Å². The highest BCUT2D eigenvalue weighted by Crippen LogP contribution is 2.35. The van der Waals surface area contributed by atoms with Crippen molar-refractivity contribution >= 4 is 39.1 Å². The Balaban J connectivity index is 1.72. The predicted octanol–water partition coefficient (Wildman–Crippen LogP) is 3.66. The highest BCUT2D eigenvalue weighted by molar-refractivity contribution is 7.19. The Morgan fingerprint density at radius 2 is 1.83 bits per heavy atom. The fourth-order valence-electron chi connectivity index (χ4n) is 3.65. The molecule has 2 aromatic heterocycles. The molecule has 0 atom stereocenters. The zero-order valence-corrected chi connectivity index (χ0v) is 21.0. The van der Waals surface area contributed by atoms with Crippen LogP contribution in [0.3, 0.4) is 0 Å². The molecule has 0 spiro atoms. The van der Waals surface area contributed by atoms with Gasteiger partial charge in [-0.3, -0.25) is 9.59 Å². The molecular formula is C25H24N4O6S. The number of nitrogens with zero attached hydrogens (tertiary/aromatic N) is 3. The van der Waals surface area contributed by atoms with E-state index < -0.39 is 17.4 Å². The van der Waals surface area contributed by atoms with E-state index in [0.29, 0.717) is 32.5 Å². The highest BCUT2D eigenvalue weighted by Gasteiger charge is 2.20. The number of rotatable bonds is 8. The average molecular weight is 509 g/mol. The number of amides is 1. The molecule has 0 aliphatic heterocycles. The first-order chi connectivity index (χ1) is 17.4. The van der Waals surface area contributed by atoms with Crippen molar-refractivity contribution in [3.05, 3.63) is 63.4 Å². The van der Waals surface area contributed by atoms with Crippen molar-refractivity contribution in [3.8, 4) is 22.8 Å². The van der Waals surface area contributed by atoms with Crippen molar-refractivity contribution in [2.24, 2.45) is 0 Å². The third-order valence-corrected chi connectivity index (χ3v) is 6.23. The number of aryl methyl sites for hydroxylation is 1. The molecular weight excluding hydrogens is 484 g/mol. The summed E-state index contributed by atoms with van der Waals surface area (Å²) >= 11 is 1.34. The van der Waals surface area contributed by atoms with Crippen LogP contribution < -0.4 is 20.3 Å². The Hall–Kier alpha value is -4.25. The van der Waals surface area contributed by atoms with Crippen molar-refractivity contribution in [1.29, 1.82) is 0 Å². The number of carbonyl (C=O) groups is 2. The number of thiazole rings is 1. The second-order valence-corrected chi connectivity index (χ2v) is 8.81. The lowest BCUT2D eigenvalue weighted by molar-refractivity contribution is -0.117. The summed E-state index contributed by atoms with van der Waals surface area (Å²) in [6.07, 6.45) is 0. The third-order valence-electron chi connectivity index (χ3n) is 5.25. The number of nitrogens with one attached hydrogen (secondary N) is 1. The van der Waals surface area contributed by atoms with E-state index in [0.717, 1.165) is 4.68 Å². The van der Waals surface area contributed by atoms with Crippen molar-refractivity contribution < 1.29 is 23.8 Å². The summed E-state index contributed by atoms with van der Waals surface area (Å²) in [6, 6.07) is 11.8. The first-order valence-electron chi connectivity index (χ1n) is 11.0. The molecule has 0 bridgehead atoms. The maximum atomic E-state index is 13.1. The van der Waals surface area contributed by atoms with Gasteiger partial charge in [-0.05, 0) is 44.2 Å². The number of carbonyl (C=O) groups excluding carboxylic acids is 2. The van der Waals surface area contributed by atoms with E-state index in [-0.39, 0.29) is 29.9 Å². The van der Waals surface area contributed by atoms with Gasteiger partial charge in [-0.15, -0.1) is 11.3 Å². The zero-order valence-electron chi connectivity index (χ0n) is 20.2. The molecule has 2 heterocycles. The summed E-state index contributed by atoms with van der Waals surface area (Å²) in [7, 11) is 3.07. The molecule has 10 nitrogen and oxygen atoms in total. The molecule has 0 saturated carbocycles. The lowest BCUT2D eigenvalue weighted by atomic mass is 10.1. The van der Waals surface area contributed by atoms with E-state index in [2.05, 4.69) is 15.4 Å². The minimum Gasteiger partial charge on any atom is -0.493 e. The van der Waals surface area contributed by atoms with Crippen LogP contribution in [0.2, 0.25) is 0 Å². The van der Waals surface area contributed by atoms with Crippen LogP contribution in [-0.4, -0.2) is 47.5 Å². The lowest BCUT2D eigenvalue weighted by Gasteiger charge is -2.13. The van der Waals surface area contributed by atoms with Crippen molar-refractivity contribution in [2.75, 3.05) is 26.1 Å². The van der Waals surface area contributed by atoms with Gasteiger partial charge in [0.15, 0.2) is 17.0 Å². The number of hydrogen-bond donors (Lipinski definition) is 1. The molecule has 0 fully saturated rings. The first kappa shape index (κ1) is 24.9. The standard InChI is InChI=1S/C25H24N4O6S/c1-5-35-25(32)16-8-6-7-9-17(16)27-20(30)13-29-24(31)22-23(36-14(2)26-22)21(28-29)15-10-11-18(33-3)19(12-15)34-4/h6-12H,5,13H2,1-4H3,(H,27,30). The van der Waals surface area contributed by atoms with Crippen LogP contribution in [-0.2, 0) is 16.1 Å².